The maximum Gasteiger partial charge on any atom is 0.231 e. The standard InChI is InChI=1S/C15H22N2O2/c1-12-5-8-17(7-2-6-16-12)10-13-3-4-14-15(9-13)19-11-18-14/h3-4,9,12,16H,2,5-8,10-11H2,1H3. The van der Waals surface area contributed by atoms with Crippen LogP contribution in [-0.2, 0) is 6.54 Å². The monoisotopic (exact) mass is 262 g/mol. The van der Waals surface area contributed by atoms with Crippen molar-refractivity contribution in [3.8, 4) is 11.5 Å². The Morgan fingerprint density at radius 1 is 1.26 bits per heavy atom. The highest BCUT2D eigenvalue weighted by Gasteiger charge is 2.16. The van der Waals surface area contributed by atoms with Crippen molar-refractivity contribution in [2.75, 3.05) is 26.4 Å². The highest BCUT2D eigenvalue weighted by atomic mass is 16.7. The van der Waals surface area contributed by atoms with Gasteiger partial charge in [0, 0.05) is 12.6 Å². The van der Waals surface area contributed by atoms with Crippen LogP contribution in [0.4, 0.5) is 0 Å². The quantitative estimate of drug-likeness (QED) is 0.884. The molecule has 1 aromatic rings. The third-order valence-electron chi connectivity index (χ3n) is 3.87. The SMILES string of the molecule is CC1CCN(Cc2ccc3c(c2)OCO3)CCCN1. The van der Waals surface area contributed by atoms with Crippen LogP contribution in [0.5, 0.6) is 11.5 Å². The van der Waals surface area contributed by atoms with Crippen molar-refractivity contribution < 1.29 is 9.47 Å². The lowest BCUT2D eigenvalue weighted by Crippen LogP contribution is -2.38. The third kappa shape index (κ3) is 3.19. The molecule has 2 aliphatic heterocycles. The Kier molecular flexibility index (Phi) is 3.89. The van der Waals surface area contributed by atoms with Crippen LogP contribution >= 0.6 is 0 Å². The van der Waals surface area contributed by atoms with E-state index in [2.05, 4.69) is 29.3 Å². The number of rotatable bonds is 2. The van der Waals surface area contributed by atoms with Gasteiger partial charge in [0.1, 0.15) is 0 Å². The molecule has 3 rings (SSSR count). The molecule has 0 bridgehead atoms. The first-order valence-electron chi connectivity index (χ1n) is 7.15. The van der Waals surface area contributed by atoms with Gasteiger partial charge in [-0.2, -0.15) is 0 Å². The van der Waals surface area contributed by atoms with Gasteiger partial charge < -0.3 is 14.8 Å². The van der Waals surface area contributed by atoms with E-state index in [4.69, 9.17) is 9.47 Å². The molecule has 4 heteroatoms. The van der Waals surface area contributed by atoms with E-state index in [9.17, 15) is 0 Å². The fourth-order valence-electron chi connectivity index (χ4n) is 2.70. The summed E-state index contributed by atoms with van der Waals surface area (Å²) in [4.78, 5) is 2.54. The van der Waals surface area contributed by atoms with Crippen LogP contribution in [0.1, 0.15) is 25.3 Å². The molecular formula is C15H22N2O2. The molecule has 4 nitrogen and oxygen atoms in total. The smallest absolute Gasteiger partial charge is 0.231 e. The van der Waals surface area contributed by atoms with Gasteiger partial charge in [-0.3, -0.25) is 4.90 Å². The molecule has 0 saturated carbocycles. The highest BCUT2D eigenvalue weighted by Crippen LogP contribution is 2.32. The molecule has 2 heterocycles. The predicted octanol–water partition coefficient (Wildman–Crippen LogP) is 1.99. The lowest BCUT2D eigenvalue weighted by atomic mass is 10.1. The van der Waals surface area contributed by atoms with Gasteiger partial charge in [0.2, 0.25) is 6.79 Å². The molecule has 19 heavy (non-hydrogen) atoms. The van der Waals surface area contributed by atoms with Crippen LogP contribution in [-0.4, -0.2) is 37.4 Å². The molecule has 0 radical (unpaired) electrons. The molecule has 1 aromatic carbocycles. The van der Waals surface area contributed by atoms with Gasteiger partial charge in [0.25, 0.3) is 0 Å². The lowest BCUT2D eigenvalue weighted by Gasteiger charge is -2.27. The Hall–Kier alpha value is -1.26. The van der Waals surface area contributed by atoms with Crippen LogP contribution in [0, 0.1) is 0 Å². The Morgan fingerprint density at radius 3 is 3.11 bits per heavy atom. The second kappa shape index (κ2) is 5.80. The molecule has 0 spiro atoms. The second-order valence-electron chi connectivity index (χ2n) is 5.46. The number of hydrogen-bond acceptors (Lipinski definition) is 4. The largest absolute Gasteiger partial charge is 0.454 e. The summed E-state index contributed by atoms with van der Waals surface area (Å²) in [6.07, 6.45) is 2.43. The molecular weight excluding hydrogens is 240 g/mol. The van der Waals surface area contributed by atoms with E-state index < -0.39 is 0 Å². The van der Waals surface area contributed by atoms with Gasteiger partial charge in [-0.15, -0.1) is 0 Å². The summed E-state index contributed by atoms with van der Waals surface area (Å²) in [6, 6.07) is 6.90. The van der Waals surface area contributed by atoms with Crippen molar-refractivity contribution >= 4 is 0 Å². The number of nitrogens with one attached hydrogen (secondary N) is 1. The maximum atomic E-state index is 5.44. The van der Waals surface area contributed by atoms with Crippen molar-refractivity contribution in [2.45, 2.75) is 32.4 Å². The zero-order chi connectivity index (χ0) is 13.1. The fraction of sp³-hybridized carbons (Fsp3) is 0.600. The van der Waals surface area contributed by atoms with Crippen LogP contribution < -0.4 is 14.8 Å². The van der Waals surface area contributed by atoms with E-state index in [1.54, 1.807) is 0 Å². The van der Waals surface area contributed by atoms with E-state index in [0.29, 0.717) is 12.8 Å². The summed E-state index contributed by atoms with van der Waals surface area (Å²) >= 11 is 0. The third-order valence-corrected chi connectivity index (χ3v) is 3.87. The Labute approximate surface area is 114 Å². The van der Waals surface area contributed by atoms with Crippen LogP contribution in [0.15, 0.2) is 18.2 Å². The minimum absolute atomic E-state index is 0.353. The van der Waals surface area contributed by atoms with Crippen molar-refractivity contribution in [1.29, 1.82) is 0 Å². The van der Waals surface area contributed by atoms with E-state index in [-0.39, 0.29) is 0 Å². The normalized spacial score (nSPS) is 23.9. The van der Waals surface area contributed by atoms with Gasteiger partial charge in [0.05, 0.1) is 0 Å². The van der Waals surface area contributed by atoms with Crippen LogP contribution in [0.3, 0.4) is 0 Å². The first-order chi connectivity index (χ1) is 9.31. The maximum absolute atomic E-state index is 5.44. The zero-order valence-corrected chi connectivity index (χ0v) is 11.5. The molecule has 1 saturated heterocycles. The average molecular weight is 262 g/mol. The first kappa shape index (κ1) is 12.8. The highest BCUT2D eigenvalue weighted by molar-refractivity contribution is 5.44. The zero-order valence-electron chi connectivity index (χ0n) is 11.5. The number of nitrogens with zero attached hydrogens (tertiary/aromatic N) is 1. The summed E-state index contributed by atoms with van der Waals surface area (Å²) in [5.74, 6) is 1.76. The number of hydrogen-bond donors (Lipinski definition) is 1. The van der Waals surface area contributed by atoms with Crippen molar-refractivity contribution in [1.82, 2.24) is 10.2 Å². The minimum Gasteiger partial charge on any atom is -0.454 e. The van der Waals surface area contributed by atoms with E-state index in [1.165, 1.54) is 18.4 Å². The number of benzene rings is 1. The van der Waals surface area contributed by atoms with Crippen molar-refractivity contribution in [2.24, 2.45) is 0 Å². The molecule has 1 unspecified atom stereocenters. The number of ether oxygens (including phenoxy) is 2. The molecule has 2 aliphatic rings. The lowest BCUT2D eigenvalue weighted by molar-refractivity contribution is 0.174. The minimum atomic E-state index is 0.353. The average Bonchev–Trinajstić information content (AvgIpc) is 2.85. The van der Waals surface area contributed by atoms with Gasteiger partial charge in [-0.25, -0.2) is 0 Å². The summed E-state index contributed by atoms with van der Waals surface area (Å²) < 4.78 is 10.8. The molecule has 1 fully saturated rings. The summed E-state index contributed by atoms with van der Waals surface area (Å²) in [7, 11) is 0. The summed E-state index contributed by atoms with van der Waals surface area (Å²) in [5, 5.41) is 3.54. The molecule has 1 atom stereocenters. The molecule has 0 amide bonds. The molecule has 1 N–H and O–H groups in total. The number of fused-ring (bicyclic) bond motifs is 1. The summed E-state index contributed by atoms with van der Waals surface area (Å²) in [5.41, 5.74) is 1.31. The molecule has 0 aliphatic carbocycles. The predicted molar refractivity (Wildman–Crippen MR) is 74.5 cm³/mol. The summed E-state index contributed by atoms with van der Waals surface area (Å²) in [6.45, 7) is 7.06. The Bertz CT molecular complexity index is 436. The van der Waals surface area contributed by atoms with Crippen molar-refractivity contribution in [3.63, 3.8) is 0 Å². The van der Waals surface area contributed by atoms with Gasteiger partial charge >= 0.3 is 0 Å². The molecule has 0 aromatic heterocycles. The Balaban J connectivity index is 1.63. The van der Waals surface area contributed by atoms with Gasteiger partial charge in [-0.1, -0.05) is 6.07 Å². The first-order valence-corrected chi connectivity index (χ1v) is 7.15. The van der Waals surface area contributed by atoms with Crippen molar-refractivity contribution in [3.05, 3.63) is 23.8 Å². The fourth-order valence-corrected chi connectivity index (χ4v) is 2.70. The van der Waals surface area contributed by atoms with Gasteiger partial charge in [-0.05, 0) is 57.1 Å². The van der Waals surface area contributed by atoms with E-state index in [0.717, 1.165) is 37.7 Å². The topological polar surface area (TPSA) is 33.7 Å². The molecule has 104 valence electrons. The van der Waals surface area contributed by atoms with Gasteiger partial charge in [0.15, 0.2) is 11.5 Å². The van der Waals surface area contributed by atoms with Crippen LogP contribution in [0.25, 0.3) is 0 Å². The van der Waals surface area contributed by atoms with E-state index >= 15 is 0 Å². The Morgan fingerprint density at radius 2 is 2.16 bits per heavy atom. The van der Waals surface area contributed by atoms with E-state index in [1.807, 2.05) is 6.07 Å². The van der Waals surface area contributed by atoms with Crippen LogP contribution in [0.2, 0.25) is 0 Å². The second-order valence-corrected chi connectivity index (χ2v) is 5.46.